The normalized spacial score (nSPS) is 13.0. The summed E-state index contributed by atoms with van der Waals surface area (Å²) in [6, 6.07) is 11.6. The zero-order chi connectivity index (χ0) is 18.4. The van der Waals surface area contributed by atoms with Gasteiger partial charge in [-0.1, -0.05) is 37.3 Å². The van der Waals surface area contributed by atoms with E-state index in [-0.39, 0.29) is 13.0 Å². The quantitative estimate of drug-likeness (QED) is 0.754. The van der Waals surface area contributed by atoms with Crippen LogP contribution in [-0.4, -0.2) is 35.6 Å². The first-order valence-electron chi connectivity index (χ1n) is 8.11. The molecule has 2 aromatic rings. The van der Waals surface area contributed by atoms with Crippen molar-refractivity contribution >= 4 is 28.6 Å². The molecule has 0 aliphatic carbocycles. The van der Waals surface area contributed by atoms with Gasteiger partial charge in [0.05, 0.1) is 12.5 Å². The molecule has 6 nitrogen and oxygen atoms in total. The van der Waals surface area contributed by atoms with Crippen LogP contribution in [0.1, 0.15) is 30.6 Å². The number of hydrogen-bond donors (Lipinski definition) is 2. The van der Waals surface area contributed by atoms with Crippen molar-refractivity contribution in [2.24, 2.45) is 5.92 Å². The number of nitrogens with one attached hydrogen (secondary N) is 1. The fourth-order valence-corrected chi connectivity index (χ4v) is 2.53. The minimum atomic E-state index is -1.19. The van der Waals surface area contributed by atoms with Crippen molar-refractivity contribution < 1.29 is 24.2 Å². The average Bonchev–Trinajstić information content (AvgIpc) is 2.60. The summed E-state index contributed by atoms with van der Waals surface area (Å²) in [4.78, 5) is 35.5. The Morgan fingerprint density at radius 1 is 1.12 bits per heavy atom. The van der Waals surface area contributed by atoms with Gasteiger partial charge in [-0.05, 0) is 36.2 Å². The predicted octanol–water partition coefficient (Wildman–Crippen LogP) is 2.61. The molecule has 2 aromatic carbocycles. The van der Waals surface area contributed by atoms with E-state index >= 15 is 0 Å². The molecule has 0 unspecified atom stereocenters. The molecular weight excluding hydrogens is 322 g/mol. The molecule has 2 rings (SSSR count). The minimum absolute atomic E-state index is 0.0342. The van der Waals surface area contributed by atoms with Gasteiger partial charge in [-0.2, -0.15) is 0 Å². The van der Waals surface area contributed by atoms with E-state index in [0.29, 0.717) is 5.56 Å². The van der Waals surface area contributed by atoms with Crippen molar-refractivity contribution in [3.8, 4) is 0 Å². The Morgan fingerprint density at radius 2 is 1.80 bits per heavy atom. The molecule has 0 radical (unpaired) electrons. The molecule has 0 saturated heterocycles. The Bertz CT molecular complexity index is 786. The summed E-state index contributed by atoms with van der Waals surface area (Å²) in [5.74, 6) is -2.79. The number of amides is 1. The second-order valence-electron chi connectivity index (χ2n) is 5.82. The molecule has 0 aliphatic rings. The molecule has 0 bridgehead atoms. The van der Waals surface area contributed by atoms with E-state index < -0.39 is 29.8 Å². The van der Waals surface area contributed by atoms with Crippen LogP contribution in [0.25, 0.3) is 10.8 Å². The number of esters is 1. The topological polar surface area (TPSA) is 92.7 Å². The van der Waals surface area contributed by atoms with E-state index in [2.05, 4.69) is 5.32 Å². The molecule has 25 heavy (non-hydrogen) atoms. The Labute approximate surface area is 145 Å². The number of carboxylic acids is 1. The summed E-state index contributed by atoms with van der Waals surface area (Å²) in [5.41, 5.74) is 0.369. The number of benzene rings is 2. The lowest BCUT2D eigenvalue weighted by atomic mass is 10.0. The number of fused-ring (bicyclic) bond motifs is 1. The maximum atomic E-state index is 12.4. The van der Waals surface area contributed by atoms with E-state index in [4.69, 9.17) is 4.74 Å². The van der Waals surface area contributed by atoms with Crippen molar-refractivity contribution in [2.45, 2.75) is 26.3 Å². The highest BCUT2D eigenvalue weighted by Crippen LogP contribution is 2.16. The van der Waals surface area contributed by atoms with Crippen LogP contribution in [0.3, 0.4) is 0 Å². The van der Waals surface area contributed by atoms with Gasteiger partial charge in [0.2, 0.25) is 0 Å². The molecule has 6 heteroatoms. The number of ether oxygens (including phenoxy) is 1. The molecular formula is C19H21NO5. The van der Waals surface area contributed by atoms with Gasteiger partial charge in [0, 0.05) is 5.56 Å². The Hall–Kier alpha value is -2.89. The fourth-order valence-electron chi connectivity index (χ4n) is 2.53. The molecule has 2 N–H and O–H groups in total. The van der Waals surface area contributed by atoms with Gasteiger partial charge in [0.25, 0.3) is 5.91 Å². The largest absolute Gasteiger partial charge is 0.480 e. The van der Waals surface area contributed by atoms with Crippen LogP contribution < -0.4 is 5.32 Å². The highest BCUT2D eigenvalue weighted by Gasteiger charge is 2.26. The second-order valence-corrected chi connectivity index (χ2v) is 5.82. The molecule has 1 amide bonds. The van der Waals surface area contributed by atoms with E-state index in [1.165, 1.54) is 0 Å². The molecule has 2 atom stereocenters. The summed E-state index contributed by atoms with van der Waals surface area (Å²) < 4.78 is 4.88. The number of rotatable bonds is 7. The highest BCUT2D eigenvalue weighted by molar-refractivity contribution is 6.00. The van der Waals surface area contributed by atoms with E-state index in [9.17, 15) is 19.5 Å². The first kappa shape index (κ1) is 18.4. The van der Waals surface area contributed by atoms with Crippen LogP contribution in [0.4, 0.5) is 0 Å². The molecule has 0 aromatic heterocycles. The molecule has 0 heterocycles. The van der Waals surface area contributed by atoms with Crippen LogP contribution in [-0.2, 0) is 14.3 Å². The summed E-state index contributed by atoms with van der Waals surface area (Å²) in [5, 5.41) is 13.7. The first-order chi connectivity index (χ1) is 11.9. The predicted molar refractivity (Wildman–Crippen MR) is 93.3 cm³/mol. The standard InChI is InChI=1S/C19H21NO5/c1-3-25-19(24)12(2)10-16(18(22)23)20-17(21)15-9-8-13-6-4-5-7-14(13)11-15/h4-9,11-12,16H,3,10H2,1-2H3,(H,20,21)(H,22,23)/t12-,16-/m1/s1. The number of carbonyl (C=O) groups is 3. The van der Waals surface area contributed by atoms with Crippen molar-refractivity contribution in [1.82, 2.24) is 5.32 Å². The minimum Gasteiger partial charge on any atom is -0.480 e. The third-order valence-corrected chi connectivity index (χ3v) is 3.89. The Balaban J connectivity index is 2.10. The third-order valence-electron chi connectivity index (χ3n) is 3.89. The maximum absolute atomic E-state index is 12.4. The van der Waals surface area contributed by atoms with Crippen LogP contribution in [0.2, 0.25) is 0 Å². The van der Waals surface area contributed by atoms with Gasteiger partial charge in [-0.25, -0.2) is 4.79 Å². The van der Waals surface area contributed by atoms with E-state index in [0.717, 1.165) is 10.8 Å². The summed E-state index contributed by atoms with van der Waals surface area (Å²) in [6.45, 7) is 3.49. The molecule has 0 aliphatic heterocycles. The van der Waals surface area contributed by atoms with E-state index in [1.807, 2.05) is 24.3 Å². The molecule has 0 fully saturated rings. The zero-order valence-corrected chi connectivity index (χ0v) is 14.2. The third kappa shape index (κ3) is 4.79. The van der Waals surface area contributed by atoms with Crippen LogP contribution in [0.5, 0.6) is 0 Å². The van der Waals surface area contributed by atoms with Gasteiger partial charge < -0.3 is 15.2 Å². The fraction of sp³-hybridized carbons (Fsp3) is 0.316. The van der Waals surface area contributed by atoms with Gasteiger partial charge in [0.15, 0.2) is 0 Å². The molecule has 132 valence electrons. The number of hydrogen-bond acceptors (Lipinski definition) is 4. The maximum Gasteiger partial charge on any atom is 0.326 e. The lowest BCUT2D eigenvalue weighted by Crippen LogP contribution is -2.42. The lowest BCUT2D eigenvalue weighted by molar-refractivity contribution is -0.148. The van der Waals surface area contributed by atoms with Gasteiger partial charge >= 0.3 is 11.9 Å². The Morgan fingerprint density at radius 3 is 2.44 bits per heavy atom. The zero-order valence-electron chi connectivity index (χ0n) is 14.2. The van der Waals surface area contributed by atoms with Crippen LogP contribution in [0, 0.1) is 5.92 Å². The monoisotopic (exact) mass is 343 g/mol. The van der Waals surface area contributed by atoms with Crippen molar-refractivity contribution in [3.05, 3.63) is 48.0 Å². The molecule has 0 spiro atoms. The summed E-state index contributed by atoms with van der Waals surface area (Å²) >= 11 is 0. The lowest BCUT2D eigenvalue weighted by Gasteiger charge is -2.18. The summed E-state index contributed by atoms with van der Waals surface area (Å²) in [7, 11) is 0. The van der Waals surface area contributed by atoms with Crippen molar-refractivity contribution in [3.63, 3.8) is 0 Å². The van der Waals surface area contributed by atoms with E-state index in [1.54, 1.807) is 32.0 Å². The number of aliphatic carboxylic acids is 1. The van der Waals surface area contributed by atoms with Gasteiger partial charge in [-0.3, -0.25) is 9.59 Å². The van der Waals surface area contributed by atoms with Gasteiger partial charge in [0.1, 0.15) is 6.04 Å². The number of carboxylic acid groups (broad SMARTS) is 1. The van der Waals surface area contributed by atoms with Crippen molar-refractivity contribution in [1.29, 1.82) is 0 Å². The van der Waals surface area contributed by atoms with Crippen LogP contribution >= 0.6 is 0 Å². The average molecular weight is 343 g/mol. The Kier molecular flexibility index (Phi) is 6.11. The number of carbonyl (C=O) groups excluding carboxylic acids is 2. The van der Waals surface area contributed by atoms with Crippen molar-refractivity contribution in [2.75, 3.05) is 6.61 Å². The second kappa shape index (κ2) is 8.28. The summed E-state index contributed by atoms with van der Waals surface area (Å²) in [6.07, 6.45) is -0.0342. The molecule has 0 saturated carbocycles. The SMILES string of the molecule is CCOC(=O)[C@H](C)C[C@@H](NC(=O)c1ccc2ccccc2c1)C(=O)O. The smallest absolute Gasteiger partial charge is 0.326 e. The first-order valence-corrected chi connectivity index (χ1v) is 8.11. The van der Waals surface area contributed by atoms with Crippen LogP contribution in [0.15, 0.2) is 42.5 Å². The van der Waals surface area contributed by atoms with Gasteiger partial charge in [-0.15, -0.1) is 0 Å². The highest BCUT2D eigenvalue weighted by atomic mass is 16.5.